The maximum absolute atomic E-state index is 4.33. The van der Waals surface area contributed by atoms with Crippen LogP contribution < -0.4 is 5.32 Å². The molecular weight excluding hydrogens is 320 g/mol. The van der Waals surface area contributed by atoms with Gasteiger partial charge in [0, 0.05) is 22.1 Å². The molecule has 0 aliphatic heterocycles. The van der Waals surface area contributed by atoms with Gasteiger partial charge in [-0.3, -0.25) is 0 Å². The minimum absolute atomic E-state index is 0.918. The Morgan fingerprint density at radius 3 is 2.84 bits per heavy atom. The predicted molar refractivity (Wildman–Crippen MR) is 84.5 cm³/mol. The summed E-state index contributed by atoms with van der Waals surface area (Å²) in [6, 6.07) is 12.4. The van der Waals surface area contributed by atoms with Crippen LogP contribution in [0.15, 0.2) is 57.0 Å². The Balaban J connectivity index is 2.03. The van der Waals surface area contributed by atoms with Gasteiger partial charge in [-0.2, -0.15) is 0 Å². The van der Waals surface area contributed by atoms with Crippen molar-refractivity contribution in [2.24, 2.45) is 0 Å². The first kappa shape index (κ1) is 14.6. The molecule has 2 aromatic rings. The maximum atomic E-state index is 4.33. The number of pyridine rings is 1. The fourth-order valence-corrected chi connectivity index (χ4v) is 3.11. The Labute approximate surface area is 127 Å². The summed E-state index contributed by atoms with van der Waals surface area (Å²) in [7, 11) is 0. The molecule has 0 amide bonds. The molecule has 1 aromatic carbocycles. The highest BCUT2D eigenvalue weighted by molar-refractivity contribution is 9.10. The fourth-order valence-electron chi connectivity index (χ4n) is 1.67. The van der Waals surface area contributed by atoms with Gasteiger partial charge in [0.25, 0.3) is 0 Å². The largest absolute Gasteiger partial charge is 0.313 e. The first-order valence-electron chi connectivity index (χ1n) is 6.37. The fraction of sp³-hybridized carbons (Fsp3) is 0.267. The van der Waals surface area contributed by atoms with Gasteiger partial charge in [0.1, 0.15) is 5.03 Å². The maximum Gasteiger partial charge on any atom is 0.101 e. The van der Waals surface area contributed by atoms with Gasteiger partial charge in [0.2, 0.25) is 0 Å². The lowest BCUT2D eigenvalue weighted by molar-refractivity contribution is 0.675. The van der Waals surface area contributed by atoms with Crippen molar-refractivity contribution in [3.8, 4) is 0 Å². The molecule has 100 valence electrons. The van der Waals surface area contributed by atoms with Gasteiger partial charge in [-0.25, -0.2) is 4.98 Å². The quantitative estimate of drug-likeness (QED) is 0.786. The summed E-state index contributed by atoms with van der Waals surface area (Å²) >= 11 is 5.31. The molecule has 4 heteroatoms. The molecule has 19 heavy (non-hydrogen) atoms. The molecule has 0 aliphatic rings. The van der Waals surface area contributed by atoms with Crippen LogP contribution >= 0.6 is 27.7 Å². The zero-order chi connectivity index (χ0) is 13.5. The molecule has 0 atom stereocenters. The van der Waals surface area contributed by atoms with Crippen LogP contribution in [-0.4, -0.2) is 11.5 Å². The second-order valence-corrected chi connectivity index (χ2v) is 6.13. The van der Waals surface area contributed by atoms with Crippen LogP contribution in [0.4, 0.5) is 0 Å². The van der Waals surface area contributed by atoms with Crippen LogP contribution in [0.1, 0.15) is 18.9 Å². The van der Waals surface area contributed by atoms with E-state index in [1.807, 2.05) is 24.4 Å². The molecule has 2 nitrogen and oxygen atoms in total. The third-order valence-electron chi connectivity index (χ3n) is 2.60. The summed E-state index contributed by atoms with van der Waals surface area (Å²) in [5.74, 6) is 0. The monoisotopic (exact) mass is 336 g/mol. The number of nitrogens with one attached hydrogen (secondary N) is 1. The van der Waals surface area contributed by atoms with Gasteiger partial charge < -0.3 is 5.32 Å². The molecule has 0 spiro atoms. The minimum Gasteiger partial charge on any atom is -0.313 e. The van der Waals surface area contributed by atoms with Crippen LogP contribution in [0.5, 0.6) is 0 Å². The Bertz CT molecular complexity index is 517. The van der Waals surface area contributed by atoms with Gasteiger partial charge in [-0.15, -0.1) is 0 Å². The van der Waals surface area contributed by atoms with Crippen LogP contribution in [0.2, 0.25) is 0 Å². The third kappa shape index (κ3) is 4.64. The van der Waals surface area contributed by atoms with Crippen molar-refractivity contribution in [1.29, 1.82) is 0 Å². The number of halogens is 1. The summed E-state index contributed by atoms with van der Waals surface area (Å²) in [5.41, 5.74) is 1.30. The first-order chi connectivity index (χ1) is 9.29. The summed E-state index contributed by atoms with van der Waals surface area (Å²) in [4.78, 5) is 5.52. The molecule has 1 heterocycles. The predicted octanol–water partition coefficient (Wildman–Crippen LogP) is 4.49. The lowest BCUT2D eigenvalue weighted by atomic mass is 10.2. The normalized spacial score (nSPS) is 10.6. The van der Waals surface area contributed by atoms with E-state index in [4.69, 9.17) is 0 Å². The topological polar surface area (TPSA) is 24.9 Å². The molecular formula is C15H17BrN2S. The number of nitrogens with zero attached hydrogens (tertiary/aromatic N) is 1. The van der Waals surface area contributed by atoms with Crippen molar-refractivity contribution < 1.29 is 0 Å². The Kier molecular flexibility index (Phi) is 5.89. The zero-order valence-corrected chi connectivity index (χ0v) is 13.3. The molecule has 0 saturated heterocycles. The van der Waals surface area contributed by atoms with E-state index in [9.17, 15) is 0 Å². The van der Waals surface area contributed by atoms with Crippen LogP contribution in [-0.2, 0) is 6.54 Å². The highest BCUT2D eigenvalue weighted by Crippen LogP contribution is 2.32. The van der Waals surface area contributed by atoms with E-state index < -0.39 is 0 Å². The molecule has 0 aliphatic carbocycles. The van der Waals surface area contributed by atoms with E-state index in [0.717, 1.165) is 29.0 Å². The van der Waals surface area contributed by atoms with Crippen molar-refractivity contribution >= 4 is 27.7 Å². The van der Waals surface area contributed by atoms with Gasteiger partial charge in [-0.05, 0) is 58.7 Å². The average Bonchev–Trinajstić information content (AvgIpc) is 2.43. The molecule has 1 aromatic heterocycles. The lowest BCUT2D eigenvalue weighted by Gasteiger charge is -2.07. The molecule has 0 unspecified atom stereocenters. The van der Waals surface area contributed by atoms with Crippen LogP contribution in [0.25, 0.3) is 0 Å². The summed E-state index contributed by atoms with van der Waals surface area (Å²) in [5, 5.41) is 4.42. The minimum atomic E-state index is 0.918. The highest BCUT2D eigenvalue weighted by atomic mass is 79.9. The summed E-state index contributed by atoms with van der Waals surface area (Å²) < 4.78 is 1.12. The van der Waals surface area contributed by atoms with Crippen molar-refractivity contribution in [1.82, 2.24) is 10.3 Å². The SMILES string of the molecule is CCCNCc1ccc(Sc2ccccn2)c(Br)c1. The molecule has 0 radical (unpaired) electrons. The second kappa shape index (κ2) is 7.68. The Morgan fingerprint density at radius 1 is 1.26 bits per heavy atom. The molecule has 0 saturated carbocycles. The summed E-state index contributed by atoms with van der Waals surface area (Å²) in [6.07, 6.45) is 2.98. The second-order valence-electron chi connectivity index (χ2n) is 4.21. The smallest absolute Gasteiger partial charge is 0.101 e. The zero-order valence-electron chi connectivity index (χ0n) is 10.9. The number of rotatable bonds is 6. The van der Waals surface area contributed by atoms with E-state index in [-0.39, 0.29) is 0 Å². The van der Waals surface area contributed by atoms with E-state index >= 15 is 0 Å². The average molecular weight is 337 g/mol. The first-order valence-corrected chi connectivity index (χ1v) is 7.98. The van der Waals surface area contributed by atoms with Gasteiger partial charge >= 0.3 is 0 Å². The van der Waals surface area contributed by atoms with E-state index in [0.29, 0.717) is 0 Å². The van der Waals surface area contributed by atoms with Crippen molar-refractivity contribution in [3.63, 3.8) is 0 Å². The van der Waals surface area contributed by atoms with Gasteiger partial charge in [0.15, 0.2) is 0 Å². The van der Waals surface area contributed by atoms with Crippen LogP contribution in [0.3, 0.4) is 0 Å². The summed E-state index contributed by atoms with van der Waals surface area (Å²) in [6.45, 7) is 4.15. The van der Waals surface area contributed by atoms with Crippen molar-refractivity contribution in [3.05, 3.63) is 52.6 Å². The number of hydrogen-bond acceptors (Lipinski definition) is 3. The van der Waals surface area contributed by atoms with E-state index in [1.54, 1.807) is 11.8 Å². The lowest BCUT2D eigenvalue weighted by Crippen LogP contribution is -2.13. The molecule has 1 N–H and O–H groups in total. The third-order valence-corrected chi connectivity index (χ3v) is 4.55. The van der Waals surface area contributed by atoms with Gasteiger partial charge in [-0.1, -0.05) is 30.8 Å². The van der Waals surface area contributed by atoms with E-state index in [1.165, 1.54) is 10.5 Å². The molecule has 2 rings (SSSR count). The Hall–Kier alpha value is -0.840. The molecule has 0 fully saturated rings. The molecule has 0 bridgehead atoms. The standard InChI is InChI=1S/C15H17BrN2S/c1-2-8-17-11-12-6-7-14(13(16)10-12)19-15-5-3-4-9-18-15/h3-7,9-10,17H,2,8,11H2,1H3. The number of aromatic nitrogens is 1. The van der Waals surface area contributed by atoms with Crippen LogP contribution in [0, 0.1) is 0 Å². The van der Waals surface area contributed by atoms with Gasteiger partial charge in [0.05, 0.1) is 0 Å². The number of benzene rings is 1. The number of hydrogen-bond donors (Lipinski definition) is 1. The van der Waals surface area contributed by atoms with Crippen molar-refractivity contribution in [2.75, 3.05) is 6.54 Å². The van der Waals surface area contributed by atoms with Crippen molar-refractivity contribution in [2.45, 2.75) is 29.8 Å². The van der Waals surface area contributed by atoms with E-state index in [2.05, 4.69) is 51.4 Å². The highest BCUT2D eigenvalue weighted by Gasteiger charge is 2.04. The Morgan fingerprint density at radius 2 is 2.16 bits per heavy atom.